The summed E-state index contributed by atoms with van der Waals surface area (Å²) in [4.78, 5) is 0.197. The van der Waals surface area contributed by atoms with E-state index < -0.39 is 11.6 Å². The lowest BCUT2D eigenvalue weighted by atomic mass is 10.3. The highest BCUT2D eigenvalue weighted by Crippen LogP contribution is 2.20. The van der Waals surface area contributed by atoms with E-state index in [0.29, 0.717) is 11.6 Å². The van der Waals surface area contributed by atoms with Crippen LogP contribution >= 0.6 is 24.0 Å². The predicted molar refractivity (Wildman–Crippen MR) is 64.8 cm³/mol. The number of aromatic amines is 1. The third kappa shape index (κ3) is 3.54. The van der Waals surface area contributed by atoms with Gasteiger partial charge in [0.15, 0.2) is 11.6 Å². The number of H-pyrrole nitrogens is 1. The van der Waals surface area contributed by atoms with Crippen molar-refractivity contribution in [3.63, 3.8) is 0 Å². The van der Waals surface area contributed by atoms with Gasteiger partial charge in [0.25, 0.3) is 4.84 Å². The SMILES string of the molecule is Fc1ccc(F)c(OCSCc2n[nH]c(=S)o2)c1. The molecule has 0 aliphatic heterocycles. The second-order valence-electron chi connectivity index (χ2n) is 3.19. The summed E-state index contributed by atoms with van der Waals surface area (Å²) in [6.45, 7) is 0. The monoisotopic (exact) mass is 290 g/mol. The fraction of sp³-hybridized carbons (Fsp3) is 0.200. The van der Waals surface area contributed by atoms with Gasteiger partial charge in [-0.15, -0.1) is 16.9 Å². The summed E-state index contributed by atoms with van der Waals surface area (Å²) >= 11 is 6.00. The molecule has 8 heteroatoms. The van der Waals surface area contributed by atoms with Gasteiger partial charge in [-0.3, -0.25) is 0 Å². The van der Waals surface area contributed by atoms with Gasteiger partial charge in [-0.05, 0) is 24.4 Å². The third-order valence-corrected chi connectivity index (χ3v) is 2.81. The molecule has 0 saturated heterocycles. The van der Waals surface area contributed by atoms with E-state index in [0.717, 1.165) is 18.2 Å². The molecule has 4 nitrogen and oxygen atoms in total. The Morgan fingerprint density at radius 2 is 2.28 bits per heavy atom. The van der Waals surface area contributed by atoms with E-state index >= 15 is 0 Å². The number of nitrogens with zero attached hydrogens (tertiary/aromatic N) is 1. The van der Waals surface area contributed by atoms with Crippen molar-refractivity contribution in [1.82, 2.24) is 10.2 Å². The van der Waals surface area contributed by atoms with Crippen LogP contribution in [0.1, 0.15) is 5.89 Å². The van der Waals surface area contributed by atoms with Gasteiger partial charge >= 0.3 is 0 Å². The zero-order chi connectivity index (χ0) is 13.0. The Morgan fingerprint density at radius 3 is 3.00 bits per heavy atom. The molecule has 0 spiro atoms. The summed E-state index contributed by atoms with van der Waals surface area (Å²) in [7, 11) is 0. The van der Waals surface area contributed by atoms with Crippen molar-refractivity contribution in [1.29, 1.82) is 0 Å². The van der Waals surface area contributed by atoms with E-state index in [1.54, 1.807) is 0 Å². The van der Waals surface area contributed by atoms with Crippen LogP contribution in [-0.4, -0.2) is 16.1 Å². The van der Waals surface area contributed by atoms with Gasteiger partial charge in [0, 0.05) is 6.07 Å². The molecule has 1 N–H and O–H groups in total. The molecule has 1 aromatic heterocycles. The number of benzene rings is 1. The molecule has 0 bridgehead atoms. The maximum Gasteiger partial charge on any atom is 0.284 e. The molecule has 2 rings (SSSR count). The van der Waals surface area contributed by atoms with Crippen molar-refractivity contribution < 1.29 is 17.9 Å². The quantitative estimate of drug-likeness (QED) is 0.520. The number of nitrogens with one attached hydrogen (secondary N) is 1. The maximum absolute atomic E-state index is 13.2. The standard InChI is InChI=1S/C10H8F2N2O2S2/c11-6-1-2-7(12)8(3-6)15-5-18-4-9-13-14-10(17)16-9/h1-3H,4-5H2,(H,14,17). The average molecular weight is 290 g/mol. The largest absolute Gasteiger partial charge is 0.480 e. The topological polar surface area (TPSA) is 51.0 Å². The van der Waals surface area contributed by atoms with E-state index in [4.69, 9.17) is 21.4 Å². The number of rotatable bonds is 5. The maximum atomic E-state index is 13.2. The minimum atomic E-state index is -0.602. The van der Waals surface area contributed by atoms with Crippen LogP contribution < -0.4 is 4.74 Å². The highest BCUT2D eigenvalue weighted by molar-refractivity contribution is 7.98. The molecule has 2 aromatic rings. The number of halogens is 2. The molecule has 0 atom stereocenters. The van der Waals surface area contributed by atoms with Crippen LogP contribution in [-0.2, 0) is 5.75 Å². The van der Waals surface area contributed by atoms with E-state index in [1.165, 1.54) is 11.8 Å². The molecule has 0 amide bonds. The highest BCUT2D eigenvalue weighted by atomic mass is 32.2. The van der Waals surface area contributed by atoms with Gasteiger partial charge in [0.05, 0.1) is 5.75 Å². The molecule has 0 aliphatic carbocycles. The minimum Gasteiger partial charge on any atom is -0.480 e. The van der Waals surface area contributed by atoms with Crippen LogP contribution in [0.5, 0.6) is 5.75 Å². The van der Waals surface area contributed by atoms with Crippen molar-refractivity contribution in [2.75, 3.05) is 5.94 Å². The molecule has 0 aliphatic rings. The van der Waals surface area contributed by atoms with Crippen molar-refractivity contribution in [2.24, 2.45) is 0 Å². The van der Waals surface area contributed by atoms with E-state index in [9.17, 15) is 8.78 Å². The Hall–Kier alpha value is -1.41. The molecule has 1 heterocycles. The van der Waals surface area contributed by atoms with Crippen LogP contribution in [0.15, 0.2) is 22.6 Å². The van der Waals surface area contributed by atoms with Gasteiger partial charge in [-0.1, -0.05) is 0 Å². The van der Waals surface area contributed by atoms with Gasteiger partial charge in [-0.2, -0.15) is 0 Å². The lowest BCUT2D eigenvalue weighted by Gasteiger charge is -2.05. The van der Waals surface area contributed by atoms with Crippen LogP contribution in [0.4, 0.5) is 8.78 Å². The van der Waals surface area contributed by atoms with E-state index in [-0.39, 0.29) is 16.5 Å². The van der Waals surface area contributed by atoms with Crippen molar-refractivity contribution in [3.8, 4) is 5.75 Å². The summed E-state index contributed by atoms with van der Waals surface area (Å²) in [5, 5.41) is 6.26. The summed E-state index contributed by atoms with van der Waals surface area (Å²) in [5.41, 5.74) is 0. The second-order valence-corrected chi connectivity index (χ2v) is 4.50. The summed E-state index contributed by atoms with van der Waals surface area (Å²) < 4.78 is 36.1. The minimum absolute atomic E-state index is 0.120. The fourth-order valence-electron chi connectivity index (χ4n) is 1.14. The first kappa shape index (κ1) is 13.0. The van der Waals surface area contributed by atoms with Crippen LogP contribution in [0.3, 0.4) is 0 Å². The number of aromatic nitrogens is 2. The van der Waals surface area contributed by atoms with E-state index in [1.807, 2.05) is 0 Å². The smallest absolute Gasteiger partial charge is 0.284 e. The van der Waals surface area contributed by atoms with E-state index in [2.05, 4.69) is 10.2 Å². The summed E-state index contributed by atoms with van der Waals surface area (Å²) in [6, 6.07) is 3.04. The molecule has 0 fully saturated rings. The van der Waals surface area contributed by atoms with Crippen molar-refractivity contribution in [3.05, 3.63) is 40.6 Å². The Morgan fingerprint density at radius 1 is 1.44 bits per heavy atom. The van der Waals surface area contributed by atoms with Gasteiger partial charge < -0.3 is 9.15 Å². The predicted octanol–water partition coefficient (Wildman–Crippen LogP) is 3.28. The highest BCUT2D eigenvalue weighted by Gasteiger charge is 2.05. The fourth-order valence-corrected chi connectivity index (χ4v) is 1.88. The summed E-state index contributed by atoms with van der Waals surface area (Å²) in [5.74, 6) is -0.276. The number of thioether (sulfide) groups is 1. The molecule has 0 radical (unpaired) electrons. The zero-order valence-electron chi connectivity index (χ0n) is 8.98. The average Bonchev–Trinajstić information content (AvgIpc) is 2.75. The molecule has 0 saturated carbocycles. The van der Waals surface area contributed by atoms with Gasteiger partial charge in [0.2, 0.25) is 5.89 Å². The Bertz CT molecular complexity index is 585. The first-order valence-corrected chi connectivity index (χ1v) is 6.41. The Kier molecular flexibility index (Phi) is 4.32. The van der Waals surface area contributed by atoms with Crippen molar-refractivity contribution >= 4 is 24.0 Å². The zero-order valence-corrected chi connectivity index (χ0v) is 10.6. The van der Waals surface area contributed by atoms with Crippen LogP contribution in [0.25, 0.3) is 0 Å². The van der Waals surface area contributed by atoms with Crippen LogP contribution in [0, 0.1) is 16.5 Å². The number of hydrogen-bond acceptors (Lipinski definition) is 5. The van der Waals surface area contributed by atoms with Gasteiger partial charge in [-0.25, -0.2) is 13.9 Å². The van der Waals surface area contributed by atoms with Crippen LogP contribution in [0.2, 0.25) is 0 Å². The molecule has 96 valence electrons. The molecule has 0 unspecified atom stereocenters. The van der Waals surface area contributed by atoms with Crippen molar-refractivity contribution in [2.45, 2.75) is 5.75 Å². The second kappa shape index (κ2) is 5.96. The lowest BCUT2D eigenvalue weighted by molar-refractivity contribution is 0.364. The normalized spacial score (nSPS) is 10.6. The lowest BCUT2D eigenvalue weighted by Crippen LogP contribution is -1.97. The summed E-state index contributed by atoms with van der Waals surface area (Å²) in [6.07, 6.45) is 0. The first-order chi connectivity index (χ1) is 8.65. The van der Waals surface area contributed by atoms with Gasteiger partial charge in [0.1, 0.15) is 11.8 Å². The number of ether oxygens (including phenoxy) is 1. The molecular weight excluding hydrogens is 282 g/mol. The number of hydrogen-bond donors (Lipinski definition) is 1. The third-order valence-electron chi connectivity index (χ3n) is 1.90. The first-order valence-electron chi connectivity index (χ1n) is 4.85. The molecule has 1 aromatic carbocycles. The Labute approximate surface area is 110 Å². The Balaban J connectivity index is 1.81. The molecular formula is C10H8F2N2O2S2. The molecule has 18 heavy (non-hydrogen) atoms.